The zero-order valence-electron chi connectivity index (χ0n) is 13.3. The summed E-state index contributed by atoms with van der Waals surface area (Å²) >= 11 is 0. The maximum Gasteiger partial charge on any atom is 0.308 e. The Labute approximate surface area is 132 Å². The molecule has 0 radical (unpaired) electrons. The van der Waals surface area contributed by atoms with E-state index in [4.69, 9.17) is 4.74 Å². The van der Waals surface area contributed by atoms with Crippen molar-refractivity contribution in [3.05, 3.63) is 53.6 Å². The van der Waals surface area contributed by atoms with Crippen LogP contribution in [0.2, 0.25) is 0 Å². The lowest BCUT2D eigenvalue weighted by atomic mass is 9.81. The van der Waals surface area contributed by atoms with Crippen LogP contribution in [0.3, 0.4) is 0 Å². The predicted molar refractivity (Wildman–Crippen MR) is 89.0 cm³/mol. The Kier molecular flexibility index (Phi) is 4.28. The van der Waals surface area contributed by atoms with Gasteiger partial charge < -0.3 is 4.74 Å². The number of benzene rings is 2. The first-order chi connectivity index (χ1) is 10.7. The highest BCUT2D eigenvalue weighted by Crippen LogP contribution is 2.31. The second-order valence-corrected chi connectivity index (χ2v) is 6.12. The molecule has 0 fully saturated rings. The predicted octanol–water partition coefficient (Wildman–Crippen LogP) is 4.79. The zero-order valence-corrected chi connectivity index (χ0v) is 13.3. The minimum Gasteiger partial charge on any atom is -0.427 e. The van der Waals surface area contributed by atoms with Gasteiger partial charge in [0.2, 0.25) is 0 Å². The molecule has 0 bridgehead atoms. The van der Waals surface area contributed by atoms with Crippen LogP contribution in [0.4, 0.5) is 0 Å². The number of hydrogen-bond acceptors (Lipinski definition) is 2. The van der Waals surface area contributed by atoms with Crippen molar-refractivity contribution in [2.24, 2.45) is 5.92 Å². The van der Waals surface area contributed by atoms with E-state index in [2.05, 4.69) is 25.1 Å². The molecule has 3 rings (SSSR count). The number of esters is 1. The normalized spacial score (nSPS) is 16.9. The van der Waals surface area contributed by atoms with Gasteiger partial charge >= 0.3 is 5.97 Å². The molecule has 1 aliphatic rings. The number of carbonyl (C=O) groups is 1. The summed E-state index contributed by atoms with van der Waals surface area (Å²) in [4.78, 5) is 11.0. The van der Waals surface area contributed by atoms with Gasteiger partial charge in [-0.15, -0.1) is 0 Å². The number of hydrogen-bond donors (Lipinski definition) is 0. The molecule has 0 saturated carbocycles. The van der Waals surface area contributed by atoms with Gasteiger partial charge in [0, 0.05) is 6.92 Å². The van der Waals surface area contributed by atoms with Crippen LogP contribution in [0, 0.1) is 5.92 Å². The minimum atomic E-state index is -0.285. The van der Waals surface area contributed by atoms with E-state index in [0.717, 1.165) is 11.5 Å². The Morgan fingerprint density at radius 1 is 1.09 bits per heavy atom. The van der Waals surface area contributed by atoms with E-state index in [-0.39, 0.29) is 5.97 Å². The largest absolute Gasteiger partial charge is 0.427 e. The molecule has 0 N–H and O–H groups in total. The van der Waals surface area contributed by atoms with Crippen molar-refractivity contribution in [2.75, 3.05) is 0 Å². The molecule has 1 atom stereocenters. The van der Waals surface area contributed by atoms with Crippen molar-refractivity contribution >= 4 is 5.97 Å². The van der Waals surface area contributed by atoms with Crippen LogP contribution >= 0.6 is 0 Å². The van der Waals surface area contributed by atoms with Crippen molar-refractivity contribution in [2.45, 2.75) is 39.5 Å². The van der Waals surface area contributed by atoms with Crippen LogP contribution in [0.15, 0.2) is 42.5 Å². The van der Waals surface area contributed by atoms with Gasteiger partial charge in [0.25, 0.3) is 0 Å². The van der Waals surface area contributed by atoms with E-state index in [0.29, 0.717) is 5.75 Å². The van der Waals surface area contributed by atoms with Gasteiger partial charge in [0.15, 0.2) is 0 Å². The number of ether oxygens (including phenoxy) is 1. The summed E-state index contributed by atoms with van der Waals surface area (Å²) in [5, 5.41) is 0. The highest BCUT2D eigenvalue weighted by Gasteiger charge is 2.17. The molecular formula is C20H22O2. The molecule has 0 aliphatic heterocycles. The molecule has 0 heterocycles. The third-order valence-corrected chi connectivity index (χ3v) is 4.56. The van der Waals surface area contributed by atoms with E-state index in [1.807, 2.05) is 24.3 Å². The number of carbonyl (C=O) groups excluding carboxylic acids is 1. The summed E-state index contributed by atoms with van der Waals surface area (Å²) in [6.45, 7) is 3.70. The van der Waals surface area contributed by atoms with Gasteiger partial charge in [-0.2, -0.15) is 0 Å². The van der Waals surface area contributed by atoms with Gasteiger partial charge in [-0.3, -0.25) is 4.79 Å². The lowest BCUT2D eigenvalue weighted by molar-refractivity contribution is -0.131. The Bertz CT molecular complexity index is 671. The van der Waals surface area contributed by atoms with Crippen LogP contribution in [0.25, 0.3) is 11.1 Å². The quantitative estimate of drug-likeness (QED) is 0.600. The van der Waals surface area contributed by atoms with Gasteiger partial charge in [0.1, 0.15) is 5.75 Å². The van der Waals surface area contributed by atoms with Crippen LogP contribution in [0.1, 0.15) is 37.8 Å². The SMILES string of the molecule is CCC1CCc2cc(-c3ccc(OC(C)=O)cc3)ccc2C1. The van der Waals surface area contributed by atoms with Crippen molar-refractivity contribution in [3.8, 4) is 16.9 Å². The summed E-state index contributed by atoms with van der Waals surface area (Å²) in [6.07, 6.45) is 4.99. The van der Waals surface area contributed by atoms with Crippen LogP contribution in [-0.4, -0.2) is 5.97 Å². The van der Waals surface area contributed by atoms with E-state index >= 15 is 0 Å². The molecule has 22 heavy (non-hydrogen) atoms. The molecule has 2 aromatic carbocycles. The Balaban J connectivity index is 1.82. The fourth-order valence-electron chi connectivity index (χ4n) is 3.24. The Morgan fingerprint density at radius 2 is 1.82 bits per heavy atom. The summed E-state index contributed by atoms with van der Waals surface area (Å²) < 4.78 is 5.08. The Morgan fingerprint density at radius 3 is 2.50 bits per heavy atom. The summed E-state index contributed by atoms with van der Waals surface area (Å²) in [7, 11) is 0. The first kappa shape index (κ1) is 14.8. The van der Waals surface area contributed by atoms with Gasteiger partial charge in [-0.25, -0.2) is 0 Å². The molecule has 0 amide bonds. The third-order valence-electron chi connectivity index (χ3n) is 4.56. The molecule has 114 valence electrons. The number of rotatable bonds is 3. The van der Waals surface area contributed by atoms with Crippen molar-refractivity contribution in [3.63, 3.8) is 0 Å². The highest BCUT2D eigenvalue weighted by molar-refractivity contribution is 5.70. The second-order valence-electron chi connectivity index (χ2n) is 6.12. The highest BCUT2D eigenvalue weighted by atomic mass is 16.5. The molecule has 2 nitrogen and oxygen atoms in total. The lowest BCUT2D eigenvalue weighted by Gasteiger charge is -2.24. The van der Waals surface area contributed by atoms with E-state index in [1.165, 1.54) is 49.3 Å². The van der Waals surface area contributed by atoms with Crippen molar-refractivity contribution < 1.29 is 9.53 Å². The minimum absolute atomic E-state index is 0.285. The van der Waals surface area contributed by atoms with Gasteiger partial charge in [-0.05, 0) is 59.6 Å². The van der Waals surface area contributed by atoms with Crippen LogP contribution in [0.5, 0.6) is 5.75 Å². The molecule has 1 aliphatic carbocycles. The molecule has 2 heteroatoms. The topological polar surface area (TPSA) is 26.3 Å². The molecule has 0 spiro atoms. The first-order valence-corrected chi connectivity index (χ1v) is 8.06. The molecule has 1 unspecified atom stereocenters. The van der Waals surface area contributed by atoms with Crippen molar-refractivity contribution in [1.29, 1.82) is 0 Å². The fourth-order valence-corrected chi connectivity index (χ4v) is 3.24. The Hall–Kier alpha value is -2.09. The second kappa shape index (κ2) is 6.35. The number of fused-ring (bicyclic) bond motifs is 1. The van der Waals surface area contributed by atoms with E-state index < -0.39 is 0 Å². The molecule has 2 aromatic rings. The smallest absolute Gasteiger partial charge is 0.308 e. The fraction of sp³-hybridized carbons (Fsp3) is 0.350. The first-order valence-electron chi connectivity index (χ1n) is 8.06. The monoisotopic (exact) mass is 294 g/mol. The number of aryl methyl sites for hydroxylation is 1. The van der Waals surface area contributed by atoms with E-state index in [9.17, 15) is 4.79 Å². The molecule has 0 saturated heterocycles. The summed E-state index contributed by atoms with van der Waals surface area (Å²) in [5.74, 6) is 1.16. The molecular weight excluding hydrogens is 272 g/mol. The average Bonchev–Trinajstić information content (AvgIpc) is 2.54. The van der Waals surface area contributed by atoms with Crippen LogP contribution in [-0.2, 0) is 17.6 Å². The van der Waals surface area contributed by atoms with Crippen LogP contribution < -0.4 is 4.74 Å². The van der Waals surface area contributed by atoms with E-state index in [1.54, 1.807) is 0 Å². The molecule has 0 aromatic heterocycles. The summed E-state index contributed by atoms with van der Waals surface area (Å²) in [5.41, 5.74) is 5.41. The maximum absolute atomic E-state index is 11.0. The van der Waals surface area contributed by atoms with Gasteiger partial charge in [0.05, 0.1) is 0 Å². The maximum atomic E-state index is 11.0. The standard InChI is InChI=1S/C20H22O2/c1-3-15-4-5-19-13-18(7-6-17(19)12-15)16-8-10-20(11-9-16)22-14(2)21/h6-11,13,15H,3-5,12H2,1-2H3. The zero-order chi connectivity index (χ0) is 15.5. The van der Waals surface area contributed by atoms with Crippen molar-refractivity contribution in [1.82, 2.24) is 0 Å². The van der Waals surface area contributed by atoms with Gasteiger partial charge in [-0.1, -0.05) is 43.7 Å². The summed E-state index contributed by atoms with van der Waals surface area (Å²) in [6, 6.07) is 14.5. The third kappa shape index (κ3) is 3.22. The lowest BCUT2D eigenvalue weighted by Crippen LogP contribution is -2.13. The average molecular weight is 294 g/mol.